The van der Waals surface area contributed by atoms with Gasteiger partial charge >= 0.3 is 0 Å². The zero-order valence-electron chi connectivity index (χ0n) is 16.2. The van der Waals surface area contributed by atoms with Crippen LogP contribution in [0.2, 0.25) is 5.02 Å². The molecule has 0 spiro atoms. The van der Waals surface area contributed by atoms with Gasteiger partial charge in [-0.1, -0.05) is 23.7 Å². The second-order valence-corrected chi connectivity index (χ2v) is 10.9. The minimum absolute atomic E-state index is 0.0383. The molecule has 1 aromatic carbocycles. The van der Waals surface area contributed by atoms with Gasteiger partial charge in [0, 0.05) is 12.4 Å². The van der Waals surface area contributed by atoms with Crippen LogP contribution >= 0.6 is 22.9 Å². The van der Waals surface area contributed by atoms with Gasteiger partial charge in [-0.2, -0.15) is 0 Å². The van der Waals surface area contributed by atoms with Crippen molar-refractivity contribution in [2.45, 2.75) is 10.8 Å². The molecule has 0 bridgehead atoms. The van der Waals surface area contributed by atoms with Gasteiger partial charge in [-0.3, -0.25) is 0 Å². The first-order valence-electron chi connectivity index (χ1n) is 9.14. The molecular formula is C19H19ClN4O4S2. The van der Waals surface area contributed by atoms with Gasteiger partial charge in [0.25, 0.3) is 0 Å². The number of nitrogens with two attached hydrogens (primary N) is 1. The molecule has 1 unspecified atom stereocenters. The largest absolute Gasteiger partial charge is 0.495 e. The molecule has 11 heteroatoms. The van der Waals surface area contributed by atoms with Crippen LogP contribution in [0.4, 0.5) is 0 Å². The van der Waals surface area contributed by atoms with E-state index < -0.39 is 20.8 Å². The molecule has 8 nitrogen and oxygen atoms in total. The zero-order chi connectivity index (χ0) is 21.3. The van der Waals surface area contributed by atoms with Crippen molar-refractivity contribution >= 4 is 49.8 Å². The zero-order valence-corrected chi connectivity index (χ0v) is 18.6. The summed E-state index contributed by atoms with van der Waals surface area (Å²) in [4.78, 5) is 9.44. The Kier molecular flexibility index (Phi) is 4.34. The molecule has 3 N–H and O–H groups in total. The number of para-hydroxylation sites is 1. The van der Waals surface area contributed by atoms with Crippen LogP contribution in [0.1, 0.15) is 4.88 Å². The fourth-order valence-corrected chi connectivity index (χ4v) is 7.48. The van der Waals surface area contributed by atoms with Gasteiger partial charge in [-0.15, -0.1) is 11.3 Å². The highest BCUT2D eigenvalue weighted by Gasteiger charge is 2.58. The van der Waals surface area contributed by atoms with Crippen molar-refractivity contribution in [3.8, 4) is 16.3 Å². The number of methoxy groups -OCH3 is 1. The number of sulfonamides is 1. The Morgan fingerprint density at radius 3 is 3.00 bits per heavy atom. The first-order chi connectivity index (χ1) is 14.3. The second kappa shape index (κ2) is 6.61. The van der Waals surface area contributed by atoms with Crippen molar-refractivity contribution in [2.24, 2.45) is 10.7 Å². The number of guanidine groups is 1. The van der Waals surface area contributed by atoms with Crippen molar-refractivity contribution in [1.29, 1.82) is 0 Å². The number of thiophene rings is 1. The van der Waals surface area contributed by atoms with Crippen LogP contribution in [0, 0.1) is 0 Å². The number of aromatic nitrogens is 1. The standard InChI is InChI=1S/C19H19ClN4O4S2/c1-24-18(21)23-19(9-28-8-15(19)30(24,25)26)17-11(20)7-14(29-17)12-6-10-4-3-5-13(27-2)16(10)22-12/h3-7,15,22H,8-9H2,1-2H3,(H2,21,23)/t15?,19-/m0/s1. The lowest BCUT2D eigenvalue weighted by molar-refractivity contribution is 0.179. The highest BCUT2D eigenvalue weighted by molar-refractivity contribution is 7.90. The first kappa shape index (κ1) is 19.7. The molecule has 0 aliphatic carbocycles. The molecule has 2 aliphatic rings. The molecule has 2 aromatic heterocycles. The molecule has 158 valence electrons. The Balaban J connectivity index is 1.66. The predicted octanol–water partition coefficient (Wildman–Crippen LogP) is 2.74. The lowest BCUT2D eigenvalue weighted by Crippen LogP contribution is -2.56. The topological polar surface area (TPSA) is 110 Å². The first-order valence-corrected chi connectivity index (χ1v) is 11.8. The van der Waals surface area contributed by atoms with Gasteiger partial charge < -0.3 is 20.2 Å². The van der Waals surface area contributed by atoms with Crippen molar-refractivity contribution in [1.82, 2.24) is 9.29 Å². The number of hydrogen-bond acceptors (Lipinski definition) is 7. The number of fused-ring (bicyclic) bond motifs is 2. The van der Waals surface area contributed by atoms with Gasteiger partial charge in [0.15, 0.2) is 0 Å². The molecule has 0 amide bonds. The van der Waals surface area contributed by atoms with E-state index in [1.54, 1.807) is 7.11 Å². The van der Waals surface area contributed by atoms with Crippen LogP contribution in [0.25, 0.3) is 21.5 Å². The summed E-state index contributed by atoms with van der Waals surface area (Å²) in [6.07, 6.45) is 0. The Morgan fingerprint density at radius 2 is 2.23 bits per heavy atom. The van der Waals surface area contributed by atoms with Crippen LogP contribution in [0.3, 0.4) is 0 Å². The summed E-state index contributed by atoms with van der Waals surface area (Å²) >= 11 is 8.01. The summed E-state index contributed by atoms with van der Waals surface area (Å²) in [6.45, 7) is 0.141. The third-order valence-electron chi connectivity index (χ3n) is 5.69. The molecule has 2 atom stereocenters. The summed E-state index contributed by atoms with van der Waals surface area (Å²) in [5.74, 6) is 0.668. The molecule has 0 radical (unpaired) electrons. The van der Waals surface area contributed by atoms with Crippen molar-refractivity contribution < 1.29 is 17.9 Å². The van der Waals surface area contributed by atoms with E-state index in [9.17, 15) is 8.42 Å². The summed E-state index contributed by atoms with van der Waals surface area (Å²) < 4.78 is 38.0. The van der Waals surface area contributed by atoms with E-state index >= 15 is 0 Å². The number of ether oxygens (including phenoxy) is 2. The fourth-order valence-electron chi connectivity index (χ4n) is 4.08. The third kappa shape index (κ3) is 2.60. The molecule has 30 heavy (non-hydrogen) atoms. The summed E-state index contributed by atoms with van der Waals surface area (Å²) in [5.41, 5.74) is 6.55. The number of halogens is 1. The molecule has 2 aliphatic heterocycles. The third-order valence-corrected chi connectivity index (χ3v) is 9.63. The maximum Gasteiger partial charge on any atom is 0.245 e. The van der Waals surface area contributed by atoms with Gasteiger partial charge in [-0.05, 0) is 18.2 Å². The fraction of sp³-hybridized carbons (Fsp3) is 0.316. The maximum absolute atomic E-state index is 13.0. The molecular weight excluding hydrogens is 448 g/mol. The van der Waals surface area contributed by atoms with Crippen molar-refractivity contribution in [3.63, 3.8) is 0 Å². The van der Waals surface area contributed by atoms with Crippen molar-refractivity contribution in [3.05, 3.63) is 40.2 Å². The summed E-state index contributed by atoms with van der Waals surface area (Å²) in [6, 6.07) is 9.62. The average molecular weight is 467 g/mol. The minimum atomic E-state index is -3.72. The lowest BCUT2D eigenvalue weighted by Gasteiger charge is -2.37. The molecule has 5 rings (SSSR count). The van der Waals surface area contributed by atoms with E-state index in [0.717, 1.165) is 31.5 Å². The number of benzene rings is 1. The lowest BCUT2D eigenvalue weighted by atomic mass is 9.96. The number of nitrogens with zero attached hydrogens (tertiary/aromatic N) is 2. The summed E-state index contributed by atoms with van der Waals surface area (Å²) in [5, 5.41) is 0.557. The Morgan fingerprint density at radius 1 is 1.43 bits per heavy atom. The van der Waals surface area contributed by atoms with Gasteiger partial charge in [0.05, 0.1) is 46.3 Å². The maximum atomic E-state index is 13.0. The Hall–Kier alpha value is -2.27. The number of aliphatic imine (C=N–C) groups is 1. The average Bonchev–Trinajstić information content (AvgIpc) is 3.42. The van der Waals surface area contributed by atoms with Gasteiger partial charge in [-0.25, -0.2) is 17.7 Å². The van der Waals surface area contributed by atoms with Crippen LogP contribution < -0.4 is 10.5 Å². The smallest absolute Gasteiger partial charge is 0.245 e. The molecule has 0 saturated carbocycles. The van der Waals surface area contributed by atoms with E-state index in [1.807, 2.05) is 30.3 Å². The van der Waals surface area contributed by atoms with Crippen LogP contribution in [0.15, 0.2) is 35.3 Å². The van der Waals surface area contributed by atoms with Crippen LogP contribution in [-0.2, 0) is 20.3 Å². The van der Waals surface area contributed by atoms with Gasteiger partial charge in [0.1, 0.15) is 16.5 Å². The van der Waals surface area contributed by atoms with E-state index in [2.05, 4.69) is 9.98 Å². The van der Waals surface area contributed by atoms with E-state index in [4.69, 9.17) is 26.8 Å². The highest BCUT2D eigenvalue weighted by atomic mass is 35.5. The van der Waals surface area contributed by atoms with Crippen LogP contribution in [-0.4, -0.2) is 56.3 Å². The van der Waals surface area contributed by atoms with E-state index in [-0.39, 0.29) is 19.2 Å². The highest BCUT2D eigenvalue weighted by Crippen LogP contribution is 2.49. The molecule has 1 fully saturated rings. The van der Waals surface area contributed by atoms with Crippen LogP contribution in [0.5, 0.6) is 5.75 Å². The summed E-state index contributed by atoms with van der Waals surface area (Å²) in [7, 11) is -0.699. The van der Waals surface area contributed by atoms with Gasteiger partial charge in [0.2, 0.25) is 16.0 Å². The molecule has 1 saturated heterocycles. The quantitative estimate of drug-likeness (QED) is 0.616. The van der Waals surface area contributed by atoms with E-state index in [0.29, 0.717) is 9.90 Å². The number of H-pyrrole nitrogens is 1. The monoisotopic (exact) mass is 466 g/mol. The number of hydrogen-bond donors (Lipinski definition) is 2. The normalized spacial score (nSPS) is 25.4. The molecule has 4 heterocycles. The van der Waals surface area contributed by atoms with E-state index in [1.165, 1.54) is 18.4 Å². The predicted molar refractivity (Wildman–Crippen MR) is 118 cm³/mol. The minimum Gasteiger partial charge on any atom is -0.495 e. The number of nitrogens with one attached hydrogen (secondary N) is 1. The SMILES string of the molecule is COc1cccc2cc(-c3cc(Cl)c([C@]45COCC4S(=O)(=O)N(C)C(N)=N5)s3)[nH]c12. The Labute approximate surface area is 182 Å². The number of rotatable bonds is 3. The molecule has 3 aromatic rings. The Bertz CT molecular complexity index is 1300. The second-order valence-electron chi connectivity index (χ2n) is 7.31. The number of aromatic amines is 1. The van der Waals surface area contributed by atoms with Crippen molar-refractivity contribution in [2.75, 3.05) is 27.4 Å².